The zero-order chi connectivity index (χ0) is 83.8. The number of likely N-dealkylation sites (N-methyl/N-ethyl adjacent to an activating group) is 4. The fraction of sp³-hybridized carbons (Fsp3) is 0.278. The van der Waals surface area contributed by atoms with Crippen molar-refractivity contribution in [2.45, 2.75) is 81.6 Å². The Balaban J connectivity index is 0.000000113. The van der Waals surface area contributed by atoms with Gasteiger partial charge in [0.05, 0.1) is 55.4 Å². The third-order valence-corrected chi connectivity index (χ3v) is 22.8. The van der Waals surface area contributed by atoms with Crippen LogP contribution >= 0.6 is 0 Å². The molecule has 622 valence electrons. The molecule has 0 unspecified atom stereocenters. The quantitative estimate of drug-likeness (QED) is 0.0454. The lowest BCUT2D eigenvalue weighted by atomic mass is 10.1. The Morgan fingerprint density at radius 2 is 0.475 bits per heavy atom. The molecule has 10 aromatic carbocycles. The minimum Gasteiger partial charge on any atom is -0.507 e. The molecule has 0 aliphatic carbocycles. The number of hydrogen-bond donors (Lipinski definition) is 11. The maximum absolute atomic E-state index is 10.2. The molecule has 0 bridgehead atoms. The highest BCUT2D eigenvalue weighted by molar-refractivity contribution is 5.95. The number of phenols is 5. The van der Waals surface area contributed by atoms with Gasteiger partial charge >= 0.3 is 0 Å². The molecule has 10 heterocycles. The number of benzene rings is 10. The summed E-state index contributed by atoms with van der Waals surface area (Å²) < 4.78 is 0. The molecule has 11 N–H and O–H groups in total. The molecule has 5 aliphatic rings. The number of nitrogens with zero attached hydrogens (tertiary/aromatic N) is 14. The molecule has 5 fully saturated rings. The molecule has 5 saturated heterocycles. The van der Waals surface area contributed by atoms with Gasteiger partial charge < -0.3 is 77.0 Å². The fourth-order valence-electron chi connectivity index (χ4n) is 16.5. The number of nitrogens with one attached hydrogen (secondary N) is 6. The molecule has 25 nitrogen and oxygen atoms in total. The second kappa shape index (κ2) is 38.8. The highest BCUT2D eigenvalue weighted by Gasteiger charge is 2.27. The number of hydrogen-bond acceptors (Lipinski definition) is 25. The van der Waals surface area contributed by atoms with Crippen molar-refractivity contribution in [3.8, 4) is 85.7 Å². The number of fused-ring (bicyclic) bond motifs is 5. The van der Waals surface area contributed by atoms with Crippen molar-refractivity contribution in [1.82, 2.24) is 74.8 Å². The molecule has 20 rings (SSSR count). The number of likely N-dealkylation sites (tertiary alicyclic amines) is 4. The highest BCUT2D eigenvalue weighted by atomic mass is 16.3. The Kier molecular flexibility index (Phi) is 26.2. The van der Waals surface area contributed by atoms with Gasteiger partial charge in [-0.15, -0.1) is 0 Å². The molecule has 0 amide bonds. The largest absolute Gasteiger partial charge is 0.507 e. The van der Waals surface area contributed by atoms with E-state index >= 15 is 0 Å². The first-order valence-electron chi connectivity index (χ1n) is 42.2. The van der Waals surface area contributed by atoms with Crippen LogP contribution in [-0.2, 0) is 0 Å². The Labute approximate surface area is 710 Å². The monoisotopic (exact) mass is 1630 g/mol. The second-order valence-electron chi connectivity index (χ2n) is 32.1. The minimum absolute atomic E-state index is 0.193. The van der Waals surface area contributed by atoms with E-state index in [9.17, 15) is 25.5 Å². The van der Waals surface area contributed by atoms with Gasteiger partial charge in [-0.3, -0.25) is 0 Å². The summed E-state index contributed by atoms with van der Waals surface area (Å²) in [4.78, 5) is 56.2. The molecule has 5 aliphatic heterocycles. The predicted octanol–water partition coefficient (Wildman–Crippen LogP) is 16.4. The topological polar surface area (TPSA) is 315 Å². The van der Waals surface area contributed by atoms with E-state index in [1.165, 1.54) is 12.8 Å². The van der Waals surface area contributed by atoms with Gasteiger partial charge in [0.25, 0.3) is 0 Å². The van der Waals surface area contributed by atoms with Crippen LogP contribution in [0.5, 0.6) is 28.7 Å². The SMILES string of the molecule is CN1CCC[C@@H](Nc2nc(-c3ccccc3O)nc3ccccc23)C1.CN1CCC[C@H](Nc2nc(-c3ccccc3O)nc3ccccc23)C1.CN1CC[C@@H](Nc2nc(-c3ccccc3O)nc3ccccc23)C1.CN1CC[C@H](Nc2nc(-c3ccccc3O)nc3ccccc23)C1.Oc1ccccc1-c1nc(N[C@H]2CCCNC2)c2ccccc2n1. The van der Waals surface area contributed by atoms with Gasteiger partial charge in [0, 0.05) is 89.9 Å². The number of rotatable bonds is 15. The maximum Gasteiger partial charge on any atom is 0.165 e. The van der Waals surface area contributed by atoms with Crippen molar-refractivity contribution in [3.05, 3.63) is 243 Å². The summed E-state index contributed by atoms with van der Waals surface area (Å²) in [5.74, 6) is 7.85. The first-order chi connectivity index (χ1) is 59.6. The first-order valence-corrected chi connectivity index (χ1v) is 42.2. The lowest BCUT2D eigenvalue weighted by Crippen LogP contribution is -2.40. The van der Waals surface area contributed by atoms with E-state index in [-0.39, 0.29) is 28.7 Å². The number of aromatic hydroxyl groups is 5. The van der Waals surface area contributed by atoms with Crippen molar-refractivity contribution >= 4 is 83.6 Å². The Hall–Kier alpha value is -13.3. The molecular weight excluding hydrogens is 1530 g/mol. The summed E-state index contributed by atoms with van der Waals surface area (Å²) in [5.41, 5.74) is 7.62. The van der Waals surface area contributed by atoms with Crippen molar-refractivity contribution in [2.75, 3.05) is 120 Å². The van der Waals surface area contributed by atoms with Crippen LogP contribution in [-0.4, -0.2) is 219 Å². The summed E-state index contributed by atoms with van der Waals surface area (Å²) in [6, 6.07) is 77.7. The van der Waals surface area contributed by atoms with Crippen molar-refractivity contribution in [1.29, 1.82) is 0 Å². The van der Waals surface area contributed by atoms with Crippen LogP contribution in [0.2, 0.25) is 0 Å². The number of aromatic nitrogens is 10. The van der Waals surface area contributed by atoms with Crippen LogP contribution in [0.15, 0.2) is 243 Å². The molecule has 15 aromatic rings. The second-order valence-corrected chi connectivity index (χ2v) is 32.1. The molecular formula is C97H104N20O5. The molecule has 0 spiro atoms. The zero-order valence-electron chi connectivity index (χ0n) is 69.2. The number of phenolic OH excluding ortho intramolecular Hbond substituents is 5. The Morgan fingerprint density at radius 3 is 0.705 bits per heavy atom. The van der Waals surface area contributed by atoms with Crippen LogP contribution in [0.4, 0.5) is 29.1 Å². The Morgan fingerprint density at radius 1 is 0.254 bits per heavy atom. The van der Waals surface area contributed by atoms with E-state index in [1.54, 1.807) is 60.7 Å². The fourth-order valence-corrected chi connectivity index (χ4v) is 16.5. The smallest absolute Gasteiger partial charge is 0.165 e. The minimum atomic E-state index is 0.193. The van der Waals surface area contributed by atoms with Crippen LogP contribution in [0.1, 0.15) is 51.4 Å². The summed E-state index contributed by atoms with van der Waals surface area (Å²) in [6.45, 7) is 10.5. The summed E-state index contributed by atoms with van der Waals surface area (Å²) in [5, 5.41) is 77.1. The van der Waals surface area contributed by atoms with Crippen LogP contribution in [0, 0.1) is 0 Å². The van der Waals surface area contributed by atoms with E-state index < -0.39 is 0 Å². The lowest BCUT2D eigenvalue weighted by molar-refractivity contribution is 0.261. The third-order valence-electron chi connectivity index (χ3n) is 22.8. The molecule has 5 atom stereocenters. The first kappa shape index (κ1) is 82.4. The van der Waals surface area contributed by atoms with Gasteiger partial charge in [-0.25, -0.2) is 49.8 Å². The van der Waals surface area contributed by atoms with E-state index in [0.717, 1.165) is 188 Å². The number of anilines is 5. The number of piperidine rings is 3. The highest BCUT2D eigenvalue weighted by Crippen LogP contribution is 2.38. The maximum atomic E-state index is 10.2. The number of para-hydroxylation sites is 10. The lowest BCUT2D eigenvalue weighted by Gasteiger charge is -2.30. The van der Waals surface area contributed by atoms with Gasteiger partial charge in [-0.2, -0.15) is 0 Å². The molecule has 0 radical (unpaired) electrons. The van der Waals surface area contributed by atoms with Gasteiger partial charge in [0.1, 0.15) is 57.8 Å². The Bertz CT molecular complexity index is 5640. The predicted molar refractivity (Wildman–Crippen MR) is 490 cm³/mol. The van der Waals surface area contributed by atoms with Gasteiger partial charge in [-0.1, -0.05) is 121 Å². The van der Waals surface area contributed by atoms with Crippen LogP contribution in [0.3, 0.4) is 0 Å². The summed E-state index contributed by atoms with van der Waals surface area (Å²) in [6.07, 6.45) is 9.11. The van der Waals surface area contributed by atoms with E-state index in [1.807, 2.05) is 182 Å². The zero-order valence-corrected chi connectivity index (χ0v) is 69.2. The molecule has 0 saturated carbocycles. The average molecular weight is 1630 g/mol. The van der Waals surface area contributed by atoms with Crippen molar-refractivity contribution < 1.29 is 25.5 Å². The van der Waals surface area contributed by atoms with Gasteiger partial charge in [0.15, 0.2) is 29.1 Å². The van der Waals surface area contributed by atoms with Crippen LogP contribution < -0.4 is 31.9 Å². The standard InChI is InChI=1S/2C20H22N4O.3C19H20N4O/c2*1-24-12-6-7-14(13-24)21-19-15-8-2-4-10-17(15)22-20(23-19)16-9-3-5-11-18(16)25;2*1-23-11-10-13(12-23)20-18-14-6-2-4-8-16(14)21-19(22-18)15-7-3-5-9-17(15)24;24-17-10-4-2-8-15(17)19-22-16-9-3-1-7-14(16)18(23-19)21-13-6-5-11-20-12-13/h2*2-5,8-11,14,25H,6-7,12-13H2,1H3,(H,21,22,23);2*2-9,13,24H,10-12H2,1H3,(H,20,21,22);1-4,7-10,13,20,24H,5-6,11-12H2,(H,21,22,23)/t2*14-;3*13-/m10100/s1. The van der Waals surface area contributed by atoms with Crippen molar-refractivity contribution in [3.63, 3.8) is 0 Å². The summed E-state index contributed by atoms with van der Waals surface area (Å²) >= 11 is 0. The van der Waals surface area contributed by atoms with Gasteiger partial charge in [0.2, 0.25) is 0 Å². The van der Waals surface area contributed by atoms with Gasteiger partial charge in [-0.05, 0) is 234 Å². The van der Waals surface area contributed by atoms with E-state index in [4.69, 9.17) is 24.9 Å². The average Bonchev–Trinajstić information content (AvgIpc) is 1.55. The molecule has 25 heteroatoms. The van der Waals surface area contributed by atoms with Crippen molar-refractivity contribution in [2.24, 2.45) is 0 Å². The van der Waals surface area contributed by atoms with E-state index in [0.29, 0.717) is 87.1 Å². The van der Waals surface area contributed by atoms with E-state index in [2.05, 4.69) is 105 Å². The van der Waals surface area contributed by atoms with Crippen LogP contribution in [0.25, 0.3) is 111 Å². The molecule has 122 heavy (non-hydrogen) atoms. The normalized spacial score (nSPS) is 18.1. The summed E-state index contributed by atoms with van der Waals surface area (Å²) in [7, 11) is 8.57. The molecule has 5 aromatic heterocycles. The third kappa shape index (κ3) is 20.2.